The summed E-state index contributed by atoms with van der Waals surface area (Å²) in [5, 5.41) is 5.07. The highest BCUT2D eigenvalue weighted by Crippen LogP contribution is 2.25. The molecule has 0 amide bonds. The van der Waals surface area contributed by atoms with Gasteiger partial charge in [-0.15, -0.1) is 0 Å². The van der Waals surface area contributed by atoms with Crippen molar-refractivity contribution >= 4 is 28.8 Å². The second kappa shape index (κ2) is 4.92. The number of hydrogen-bond acceptors (Lipinski definition) is 3. The van der Waals surface area contributed by atoms with Crippen LogP contribution in [0.3, 0.4) is 0 Å². The van der Waals surface area contributed by atoms with E-state index in [0.717, 1.165) is 42.3 Å². The third kappa shape index (κ3) is 2.46. The molecule has 0 radical (unpaired) electrons. The van der Waals surface area contributed by atoms with Gasteiger partial charge in [-0.3, -0.25) is 9.58 Å². The van der Waals surface area contributed by atoms with Crippen molar-refractivity contribution in [2.24, 2.45) is 12.8 Å². The Balaban J connectivity index is 2.18. The van der Waals surface area contributed by atoms with Crippen molar-refractivity contribution in [2.75, 3.05) is 6.54 Å². The molecule has 94 valence electrons. The molecule has 1 aromatic heterocycles. The van der Waals surface area contributed by atoms with E-state index in [2.05, 4.69) is 10.00 Å². The van der Waals surface area contributed by atoms with E-state index in [1.165, 1.54) is 0 Å². The van der Waals surface area contributed by atoms with Gasteiger partial charge < -0.3 is 5.73 Å². The molecule has 0 spiro atoms. The van der Waals surface area contributed by atoms with Crippen molar-refractivity contribution in [2.45, 2.75) is 32.4 Å². The van der Waals surface area contributed by atoms with Crippen LogP contribution in [0.5, 0.6) is 0 Å². The standard InChI is InChI=1S/C11H17ClN4S/c1-7-10(12)9(15(2)14-7)6-16-5-3-4-8(16)11(13)17/h8H,3-6H2,1-2H3,(H2,13,17). The van der Waals surface area contributed by atoms with Crippen molar-refractivity contribution in [3.63, 3.8) is 0 Å². The van der Waals surface area contributed by atoms with Gasteiger partial charge in [-0.1, -0.05) is 23.8 Å². The van der Waals surface area contributed by atoms with Gasteiger partial charge in [0.15, 0.2) is 0 Å². The van der Waals surface area contributed by atoms with E-state index in [4.69, 9.17) is 29.6 Å². The summed E-state index contributed by atoms with van der Waals surface area (Å²) in [7, 11) is 1.92. The van der Waals surface area contributed by atoms with Crippen LogP contribution >= 0.6 is 23.8 Å². The predicted molar refractivity (Wildman–Crippen MR) is 73.2 cm³/mol. The average molecular weight is 273 g/mol. The lowest BCUT2D eigenvalue weighted by Crippen LogP contribution is -2.39. The van der Waals surface area contributed by atoms with Gasteiger partial charge in [0, 0.05) is 13.6 Å². The zero-order valence-corrected chi connectivity index (χ0v) is 11.7. The Morgan fingerprint density at radius 2 is 2.35 bits per heavy atom. The topological polar surface area (TPSA) is 47.1 Å². The molecule has 17 heavy (non-hydrogen) atoms. The molecule has 0 saturated carbocycles. The minimum absolute atomic E-state index is 0.205. The smallest absolute Gasteiger partial charge is 0.0902 e. The number of hydrogen-bond donors (Lipinski definition) is 1. The van der Waals surface area contributed by atoms with Crippen molar-refractivity contribution in [1.82, 2.24) is 14.7 Å². The predicted octanol–water partition coefficient (Wildman–Crippen LogP) is 1.63. The molecule has 1 aromatic rings. The minimum atomic E-state index is 0.205. The molecule has 1 unspecified atom stereocenters. The lowest BCUT2D eigenvalue weighted by atomic mass is 10.2. The summed E-state index contributed by atoms with van der Waals surface area (Å²) in [6.45, 7) is 3.70. The first-order valence-electron chi connectivity index (χ1n) is 5.72. The first-order valence-corrected chi connectivity index (χ1v) is 6.50. The summed E-state index contributed by atoms with van der Waals surface area (Å²) in [5.41, 5.74) is 7.66. The average Bonchev–Trinajstić information content (AvgIpc) is 2.80. The van der Waals surface area contributed by atoms with Gasteiger partial charge in [-0.2, -0.15) is 5.10 Å². The Bertz CT molecular complexity index is 443. The summed E-state index contributed by atoms with van der Waals surface area (Å²) >= 11 is 11.3. The highest BCUT2D eigenvalue weighted by atomic mass is 35.5. The van der Waals surface area contributed by atoms with E-state index in [1.54, 1.807) is 0 Å². The number of likely N-dealkylation sites (tertiary alicyclic amines) is 1. The largest absolute Gasteiger partial charge is 0.392 e. The second-order valence-corrected chi connectivity index (χ2v) is 5.35. The third-order valence-corrected chi connectivity index (χ3v) is 4.07. The lowest BCUT2D eigenvalue weighted by molar-refractivity contribution is 0.287. The summed E-state index contributed by atoms with van der Waals surface area (Å²) in [6.07, 6.45) is 2.18. The number of nitrogens with zero attached hydrogens (tertiary/aromatic N) is 3. The summed E-state index contributed by atoms with van der Waals surface area (Å²) in [6, 6.07) is 0.205. The molecule has 0 aromatic carbocycles. The van der Waals surface area contributed by atoms with Crippen LogP contribution in [0, 0.1) is 6.92 Å². The minimum Gasteiger partial charge on any atom is -0.392 e. The van der Waals surface area contributed by atoms with Crippen LogP contribution in [-0.2, 0) is 13.6 Å². The second-order valence-electron chi connectivity index (χ2n) is 4.50. The molecular weight excluding hydrogens is 256 g/mol. The number of aryl methyl sites for hydroxylation is 2. The fourth-order valence-corrected chi connectivity index (χ4v) is 2.87. The monoisotopic (exact) mass is 272 g/mol. The van der Waals surface area contributed by atoms with Gasteiger partial charge in [-0.25, -0.2) is 0 Å². The van der Waals surface area contributed by atoms with E-state index in [1.807, 2.05) is 18.7 Å². The van der Waals surface area contributed by atoms with E-state index in [-0.39, 0.29) is 6.04 Å². The van der Waals surface area contributed by atoms with Gasteiger partial charge >= 0.3 is 0 Å². The molecule has 1 atom stereocenters. The molecule has 1 aliphatic heterocycles. The molecule has 4 nitrogen and oxygen atoms in total. The van der Waals surface area contributed by atoms with Gasteiger partial charge in [0.2, 0.25) is 0 Å². The maximum atomic E-state index is 6.25. The molecule has 1 fully saturated rings. The highest BCUT2D eigenvalue weighted by molar-refractivity contribution is 7.80. The molecule has 1 aliphatic rings. The van der Waals surface area contributed by atoms with Crippen molar-refractivity contribution in [3.05, 3.63) is 16.4 Å². The molecule has 0 bridgehead atoms. The van der Waals surface area contributed by atoms with Crippen molar-refractivity contribution in [3.8, 4) is 0 Å². The number of thiocarbonyl (C=S) groups is 1. The highest BCUT2D eigenvalue weighted by Gasteiger charge is 2.28. The summed E-state index contributed by atoms with van der Waals surface area (Å²) in [5.74, 6) is 0. The van der Waals surface area contributed by atoms with E-state index < -0.39 is 0 Å². The first kappa shape index (κ1) is 12.8. The Labute approximate surface area is 112 Å². The van der Waals surface area contributed by atoms with Gasteiger partial charge in [0.25, 0.3) is 0 Å². The number of nitrogens with two attached hydrogens (primary N) is 1. The molecule has 2 N–H and O–H groups in total. The van der Waals surface area contributed by atoms with Crippen LogP contribution in [-0.4, -0.2) is 32.3 Å². The SMILES string of the molecule is Cc1nn(C)c(CN2CCCC2C(N)=S)c1Cl. The summed E-state index contributed by atoms with van der Waals surface area (Å²) < 4.78 is 1.84. The van der Waals surface area contributed by atoms with Crippen molar-refractivity contribution < 1.29 is 0 Å². The van der Waals surface area contributed by atoms with Crippen molar-refractivity contribution in [1.29, 1.82) is 0 Å². The van der Waals surface area contributed by atoms with Gasteiger partial charge in [0.05, 0.1) is 27.4 Å². The summed E-state index contributed by atoms with van der Waals surface area (Å²) in [4.78, 5) is 2.86. The Morgan fingerprint density at radius 1 is 1.65 bits per heavy atom. The number of aromatic nitrogens is 2. The van der Waals surface area contributed by atoms with E-state index >= 15 is 0 Å². The molecule has 2 heterocycles. The van der Waals surface area contributed by atoms with Crippen LogP contribution in [0.4, 0.5) is 0 Å². The van der Waals surface area contributed by atoms with E-state index in [9.17, 15) is 0 Å². The maximum absolute atomic E-state index is 6.25. The number of halogens is 1. The third-order valence-electron chi connectivity index (χ3n) is 3.31. The molecular formula is C11H17ClN4S. The molecule has 0 aliphatic carbocycles. The normalized spacial score (nSPS) is 21.0. The fourth-order valence-electron chi connectivity index (χ4n) is 2.38. The van der Waals surface area contributed by atoms with E-state index in [0.29, 0.717) is 4.99 Å². The molecule has 1 saturated heterocycles. The van der Waals surface area contributed by atoms with Gasteiger partial charge in [0.1, 0.15) is 0 Å². The zero-order chi connectivity index (χ0) is 12.6. The maximum Gasteiger partial charge on any atom is 0.0902 e. The number of rotatable bonds is 3. The lowest BCUT2D eigenvalue weighted by Gasteiger charge is -2.23. The quantitative estimate of drug-likeness (QED) is 0.850. The Hall–Kier alpha value is -0.650. The fraction of sp³-hybridized carbons (Fsp3) is 0.636. The zero-order valence-electron chi connectivity index (χ0n) is 10.1. The molecule has 2 rings (SSSR count). The van der Waals surface area contributed by atoms with Crippen LogP contribution in [0.2, 0.25) is 5.02 Å². The van der Waals surface area contributed by atoms with Crippen LogP contribution in [0.1, 0.15) is 24.2 Å². The molecule has 6 heteroatoms. The Morgan fingerprint density at radius 3 is 2.88 bits per heavy atom. The van der Waals surface area contributed by atoms with Crippen LogP contribution < -0.4 is 5.73 Å². The van der Waals surface area contributed by atoms with Gasteiger partial charge in [-0.05, 0) is 26.3 Å². The van der Waals surface area contributed by atoms with Crippen LogP contribution in [0.25, 0.3) is 0 Å². The first-order chi connectivity index (χ1) is 8.00. The van der Waals surface area contributed by atoms with Crippen LogP contribution in [0.15, 0.2) is 0 Å². The Kier molecular flexibility index (Phi) is 3.70.